The number of hydrogen-bond donors (Lipinski definition) is 1. The molecule has 1 saturated heterocycles. The maximum atomic E-state index is 5.33. The van der Waals surface area contributed by atoms with E-state index in [-0.39, 0.29) is 0 Å². The largest absolute Gasteiger partial charge is 0.380 e. The third-order valence-electron chi connectivity index (χ3n) is 3.37. The summed E-state index contributed by atoms with van der Waals surface area (Å²) in [6, 6.07) is 1.29. The molecule has 1 rings (SSSR count). The molecule has 0 radical (unpaired) electrons. The third-order valence-corrected chi connectivity index (χ3v) is 3.37. The molecule has 0 aliphatic carbocycles. The van der Waals surface area contributed by atoms with E-state index in [1.165, 1.54) is 6.42 Å². The van der Waals surface area contributed by atoms with E-state index < -0.39 is 0 Å². The monoisotopic (exact) mass is 200 g/mol. The molecular formula is C11H24N2O. The molecule has 0 aromatic carbocycles. The summed E-state index contributed by atoms with van der Waals surface area (Å²) < 4.78 is 5.33. The van der Waals surface area contributed by atoms with Crippen LogP contribution >= 0.6 is 0 Å². The summed E-state index contributed by atoms with van der Waals surface area (Å²) in [6.07, 6.45) is 2.79. The Morgan fingerprint density at radius 3 is 2.79 bits per heavy atom. The molecular weight excluding hydrogens is 176 g/mol. The van der Waals surface area contributed by atoms with Gasteiger partial charge in [0, 0.05) is 32.3 Å². The minimum atomic E-state index is 0.422. The molecule has 14 heavy (non-hydrogen) atoms. The van der Waals surface area contributed by atoms with E-state index in [2.05, 4.69) is 31.1 Å². The second-order valence-electron chi connectivity index (χ2n) is 4.40. The molecule has 1 aliphatic heterocycles. The molecule has 3 nitrogen and oxygen atoms in total. The molecule has 1 aliphatic rings. The maximum absolute atomic E-state index is 5.33. The summed E-state index contributed by atoms with van der Waals surface area (Å²) in [4.78, 5) is 2.43. The van der Waals surface area contributed by atoms with Gasteiger partial charge in [0.05, 0.1) is 6.10 Å². The fourth-order valence-electron chi connectivity index (χ4n) is 1.94. The van der Waals surface area contributed by atoms with E-state index in [1.54, 1.807) is 7.11 Å². The Kier molecular flexibility index (Phi) is 4.85. The Morgan fingerprint density at radius 1 is 1.57 bits per heavy atom. The first-order valence-corrected chi connectivity index (χ1v) is 5.63. The number of nitrogens with one attached hydrogen (secondary N) is 1. The molecule has 3 atom stereocenters. The van der Waals surface area contributed by atoms with Crippen LogP contribution < -0.4 is 5.32 Å². The van der Waals surface area contributed by atoms with Gasteiger partial charge in [0.25, 0.3) is 0 Å². The number of nitrogens with zero attached hydrogens (tertiary/aromatic N) is 1. The van der Waals surface area contributed by atoms with Gasteiger partial charge in [-0.1, -0.05) is 6.92 Å². The van der Waals surface area contributed by atoms with Crippen LogP contribution in [0, 0.1) is 0 Å². The average Bonchev–Trinajstić information content (AvgIpc) is 2.64. The first-order valence-electron chi connectivity index (χ1n) is 5.63. The van der Waals surface area contributed by atoms with Gasteiger partial charge >= 0.3 is 0 Å². The van der Waals surface area contributed by atoms with Crippen molar-refractivity contribution in [3.8, 4) is 0 Å². The van der Waals surface area contributed by atoms with E-state index in [0.29, 0.717) is 18.2 Å². The highest BCUT2D eigenvalue weighted by atomic mass is 16.5. The lowest BCUT2D eigenvalue weighted by molar-refractivity contribution is 0.115. The molecule has 84 valence electrons. The number of likely N-dealkylation sites (N-methyl/N-ethyl adjacent to an activating group) is 1. The predicted octanol–water partition coefficient (Wildman–Crippen LogP) is 1.09. The van der Waals surface area contributed by atoms with E-state index in [4.69, 9.17) is 4.74 Å². The van der Waals surface area contributed by atoms with Crippen LogP contribution in [0.5, 0.6) is 0 Å². The van der Waals surface area contributed by atoms with Gasteiger partial charge in [-0.2, -0.15) is 0 Å². The van der Waals surface area contributed by atoms with Crippen LogP contribution in [-0.4, -0.2) is 50.3 Å². The summed E-state index contributed by atoms with van der Waals surface area (Å²) in [6.45, 7) is 6.66. The SMILES string of the molecule is CCC(C)N(C)CC1CC(OC)CN1. The summed E-state index contributed by atoms with van der Waals surface area (Å²) in [7, 11) is 4.00. The smallest absolute Gasteiger partial charge is 0.0711 e. The molecule has 1 N–H and O–H groups in total. The first kappa shape index (κ1) is 12.0. The van der Waals surface area contributed by atoms with Gasteiger partial charge in [0.1, 0.15) is 0 Å². The number of hydrogen-bond acceptors (Lipinski definition) is 3. The van der Waals surface area contributed by atoms with Gasteiger partial charge in [-0.25, -0.2) is 0 Å². The maximum Gasteiger partial charge on any atom is 0.0711 e. The Bertz CT molecular complexity index is 163. The predicted molar refractivity (Wildman–Crippen MR) is 59.6 cm³/mol. The highest BCUT2D eigenvalue weighted by Crippen LogP contribution is 2.12. The van der Waals surface area contributed by atoms with Crippen molar-refractivity contribution in [2.24, 2.45) is 0 Å². The number of rotatable bonds is 5. The number of ether oxygens (including phenoxy) is 1. The van der Waals surface area contributed by atoms with Crippen LogP contribution in [0.15, 0.2) is 0 Å². The second kappa shape index (κ2) is 5.69. The van der Waals surface area contributed by atoms with Crippen LogP contribution in [0.1, 0.15) is 26.7 Å². The summed E-state index contributed by atoms with van der Waals surface area (Å²) in [5.74, 6) is 0. The van der Waals surface area contributed by atoms with Crippen molar-refractivity contribution in [3.63, 3.8) is 0 Å². The zero-order valence-corrected chi connectivity index (χ0v) is 9.92. The zero-order chi connectivity index (χ0) is 10.6. The zero-order valence-electron chi connectivity index (χ0n) is 9.92. The standard InChI is InChI=1S/C11H24N2O/c1-5-9(2)13(3)8-10-6-11(14-4)7-12-10/h9-12H,5-8H2,1-4H3. The van der Waals surface area contributed by atoms with Gasteiger partial charge in [0.2, 0.25) is 0 Å². The number of methoxy groups -OCH3 is 1. The van der Waals surface area contributed by atoms with Gasteiger partial charge in [-0.3, -0.25) is 0 Å². The molecule has 0 spiro atoms. The lowest BCUT2D eigenvalue weighted by Gasteiger charge is -2.26. The fraction of sp³-hybridized carbons (Fsp3) is 1.00. The van der Waals surface area contributed by atoms with E-state index in [0.717, 1.165) is 19.5 Å². The quantitative estimate of drug-likeness (QED) is 0.719. The Labute approximate surface area is 87.8 Å². The molecule has 0 aromatic heterocycles. The van der Waals surface area contributed by atoms with Gasteiger partial charge in [-0.15, -0.1) is 0 Å². The fourth-order valence-corrected chi connectivity index (χ4v) is 1.94. The Morgan fingerprint density at radius 2 is 2.29 bits per heavy atom. The van der Waals surface area contributed by atoms with Gasteiger partial charge < -0.3 is 15.0 Å². The van der Waals surface area contributed by atoms with Crippen LogP contribution in [0.2, 0.25) is 0 Å². The first-order chi connectivity index (χ1) is 6.67. The molecule has 3 heteroatoms. The normalized spacial score (nSPS) is 29.8. The van der Waals surface area contributed by atoms with E-state index in [9.17, 15) is 0 Å². The van der Waals surface area contributed by atoms with Gasteiger partial charge in [0.15, 0.2) is 0 Å². The lowest BCUT2D eigenvalue weighted by atomic mass is 10.1. The van der Waals surface area contributed by atoms with Crippen LogP contribution in [0.3, 0.4) is 0 Å². The summed E-state index contributed by atoms with van der Waals surface area (Å²) in [5.41, 5.74) is 0. The average molecular weight is 200 g/mol. The summed E-state index contributed by atoms with van der Waals surface area (Å²) in [5, 5.41) is 3.50. The minimum absolute atomic E-state index is 0.422. The van der Waals surface area contributed by atoms with Gasteiger partial charge in [-0.05, 0) is 26.8 Å². The third kappa shape index (κ3) is 3.23. The minimum Gasteiger partial charge on any atom is -0.380 e. The molecule has 0 amide bonds. The molecule has 0 bridgehead atoms. The molecule has 1 heterocycles. The van der Waals surface area contributed by atoms with E-state index >= 15 is 0 Å². The molecule has 0 aromatic rings. The van der Waals surface area contributed by atoms with Crippen LogP contribution in [-0.2, 0) is 4.74 Å². The molecule has 1 fully saturated rings. The van der Waals surface area contributed by atoms with Crippen molar-refractivity contribution in [3.05, 3.63) is 0 Å². The lowest BCUT2D eigenvalue weighted by Crippen LogP contribution is -2.39. The highest BCUT2D eigenvalue weighted by molar-refractivity contribution is 4.84. The van der Waals surface area contributed by atoms with Crippen molar-refractivity contribution < 1.29 is 4.74 Å². The van der Waals surface area contributed by atoms with Crippen molar-refractivity contribution in [2.45, 2.75) is 44.9 Å². The summed E-state index contributed by atoms with van der Waals surface area (Å²) >= 11 is 0. The Hall–Kier alpha value is -0.120. The van der Waals surface area contributed by atoms with Crippen LogP contribution in [0.25, 0.3) is 0 Å². The molecule has 0 saturated carbocycles. The second-order valence-corrected chi connectivity index (χ2v) is 4.40. The van der Waals surface area contributed by atoms with Crippen molar-refractivity contribution in [1.29, 1.82) is 0 Å². The van der Waals surface area contributed by atoms with E-state index in [1.807, 2.05) is 0 Å². The molecule has 3 unspecified atom stereocenters. The highest BCUT2D eigenvalue weighted by Gasteiger charge is 2.25. The van der Waals surface area contributed by atoms with Crippen molar-refractivity contribution >= 4 is 0 Å². The topological polar surface area (TPSA) is 24.5 Å². The van der Waals surface area contributed by atoms with Crippen LogP contribution in [0.4, 0.5) is 0 Å². The van der Waals surface area contributed by atoms with Crippen molar-refractivity contribution in [1.82, 2.24) is 10.2 Å². The van der Waals surface area contributed by atoms with Crippen molar-refractivity contribution in [2.75, 3.05) is 27.2 Å². The Balaban J connectivity index is 2.24.